The molecule has 0 N–H and O–H groups in total. The molecule has 32 heavy (non-hydrogen) atoms. The number of morpholine rings is 2. The second kappa shape index (κ2) is 7.90. The lowest BCUT2D eigenvalue weighted by atomic mass is 10.2. The molecule has 2 saturated heterocycles. The molecule has 6 rings (SSSR count). The lowest BCUT2D eigenvalue weighted by Crippen LogP contribution is -2.51. The number of imidazole rings is 1. The van der Waals surface area contributed by atoms with E-state index in [2.05, 4.69) is 57.6 Å². The molecule has 0 radical (unpaired) electrons. The fourth-order valence-electron chi connectivity index (χ4n) is 4.98. The van der Waals surface area contributed by atoms with Crippen molar-refractivity contribution in [1.82, 2.24) is 19.6 Å². The standard InChI is InChI=1S/C23H29N7O2/c1-16-14-31-11-9-27(16)22-24-13-19-21(26-22)30(29-10-12-32-15-17(29)2)23(25-19)28-8-7-18-5-3-4-6-20(18)28/h3-6,13,16-17H,7-12,14-15H2,1-2H3. The van der Waals surface area contributed by atoms with Gasteiger partial charge < -0.3 is 24.3 Å². The monoisotopic (exact) mass is 435 g/mol. The molecule has 2 atom stereocenters. The van der Waals surface area contributed by atoms with Gasteiger partial charge in [0.15, 0.2) is 5.65 Å². The van der Waals surface area contributed by atoms with Crippen LogP contribution in [0.15, 0.2) is 30.5 Å². The van der Waals surface area contributed by atoms with E-state index in [1.165, 1.54) is 11.3 Å². The molecule has 0 aliphatic carbocycles. The first-order chi connectivity index (χ1) is 15.7. The Balaban J connectivity index is 1.50. The maximum absolute atomic E-state index is 5.73. The first-order valence-corrected chi connectivity index (χ1v) is 11.5. The minimum absolute atomic E-state index is 0.221. The Kier molecular flexibility index (Phi) is 4.87. The van der Waals surface area contributed by atoms with Crippen LogP contribution in [0.1, 0.15) is 19.4 Å². The molecule has 3 aliphatic rings. The molecule has 0 spiro atoms. The van der Waals surface area contributed by atoms with Gasteiger partial charge in [-0.2, -0.15) is 4.98 Å². The van der Waals surface area contributed by atoms with Crippen LogP contribution in [0.3, 0.4) is 0 Å². The Bertz CT molecular complexity index is 1130. The number of hydrogen-bond donors (Lipinski definition) is 0. The van der Waals surface area contributed by atoms with E-state index in [1.54, 1.807) is 0 Å². The predicted octanol–water partition coefficient (Wildman–Crippen LogP) is 2.10. The number of fused-ring (bicyclic) bond motifs is 2. The highest BCUT2D eigenvalue weighted by Crippen LogP contribution is 2.36. The number of benzene rings is 1. The van der Waals surface area contributed by atoms with Crippen LogP contribution in [0.25, 0.3) is 11.2 Å². The average molecular weight is 436 g/mol. The van der Waals surface area contributed by atoms with E-state index in [4.69, 9.17) is 24.4 Å². The second-order valence-corrected chi connectivity index (χ2v) is 8.84. The molecular weight excluding hydrogens is 406 g/mol. The summed E-state index contributed by atoms with van der Waals surface area (Å²) >= 11 is 0. The topological polar surface area (TPSA) is 71.8 Å². The minimum Gasteiger partial charge on any atom is -0.377 e. The van der Waals surface area contributed by atoms with Gasteiger partial charge in [0.05, 0.1) is 51.3 Å². The Morgan fingerprint density at radius 2 is 1.75 bits per heavy atom. The highest BCUT2D eigenvalue weighted by molar-refractivity contribution is 5.79. The van der Waals surface area contributed by atoms with Gasteiger partial charge in [0.1, 0.15) is 5.52 Å². The Labute approximate surface area is 187 Å². The highest BCUT2D eigenvalue weighted by Gasteiger charge is 2.31. The molecule has 9 heteroatoms. The third-order valence-electron chi connectivity index (χ3n) is 6.69. The van der Waals surface area contributed by atoms with E-state index in [-0.39, 0.29) is 12.1 Å². The van der Waals surface area contributed by atoms with Crippen molar-refractivity contribution in [2.75, 3.05) is 60.9 Å². The maximum atomic E-state index is 5.73. The first kappa shape index (κ1) is 19.8. The Morgan fingerprint density at radius 1 is 0.938 bits per heavy atom. The van der Waals surface area contributed by atoms with Crippen LogP contribution < -0.4 is 14.8 Å². The third-order valence-corrected chi connectivity index (χ3v) is 6.69. The van der Waals surface area contributed by atoms with Gasteiger partial charge >= 0.3 is 0 Å². The number of ether oxygens (including phenoxy) is 2. The van der Waals surface area contributed by atoms with Crippen molar-refractivity contribution in [3.05, 3.63) is 36.0 Å². The number of nitrogens with zero attached hydrogens (tertiary/aromatic N) is 7. The highest BCUT2D eigenvalue weighted by atomic mass is 16.5. The molecule has 3 aromatic rings. The van der Waals surface area contributed by atoms with Crippen molar-refractivity contribution in [2.24, 2.45) is 0 Å². The normalized spacial score (nSPS) is 23.8. The summed E-state index contributed by atoms with van der Waals surface area (Å²) in [7, 11) is 0. The molecule has 5 heterocycles. The van der Waals surface area contributed by atoms with Crippen LogP contribution in [0, 0.1) is 0 Å². The van der Waals surface area contributed by atoms with Crippen molar-refractivity contribution < 1.29 is 9.47 Å². The number of rotatable bonds is 3. The molecule has 0 saturated carbocycles. The fraction of sp³-hybridized carbons (Fsp3) is 0.522. The quantitative estimate of drug-likeness (QED) is 0.620. The van der Waals surface area contributed by atoms with Crippen LogP contribution in [-0.2, 0) is 15.9 Å². The molecule has 9 nitrogen and oxygen atoms in total. The summed E-state index contributed by atoms with van der Waals surface area (Å²) in [5.41, 5.74) is 4.24. The number of aromatic nitrogens is 4. The molecule has 0 bridgehead atoms. The van der Waals surface area contributed by atoms with Gasteiger partial charge in [-0.1, -0.05) is 18.2 Å². The fourth-order valence-corrected chi connectivity index (χ4v) is 4.98. The molecule has 1 aromatic carbocycles. The van der Waals surface area contributed by atoms with Crippen LogP contribution >= 0.6 is 0 Å². The van der Waals surface area contributed by atoms with Crippen molar-refractivity contribution in [3.8, 4) is 0 Å². The van der Waals surface area contributed by atoms with E-state index in [9.17, 15) is 0 Å². The summed E-state index contributed by atoms with van der Waals surface area (Å²) in [4.78, 5) is 19.3. The first-order valence-electron chi connectivity index (χ1n) is 11.5. The van der Waals surface area contributed by atoms with Crippen molar-refractivity contribution in [1.29, 1.82) is 0 Å². The molecular formula is C23H29N7O2. The largest absolute Gasteiger partial charge is 0.377 e. The SMILES string of the molecule is CC1COCCN1c1ncc2nc(N3CCc4ccccc43)n(N3CCOCC3C)c2n1. The molecule has 2 unspecified atom stereocenters. The third kappa shape index (κ3) is 3.18. The van der Waals surface area contributed by atoms with Crippen molar-refractivity contribution in [2.45, 2.75) is 32.4 Å². The Hall–Kier alpha value is -2.91. The number of para-hydroxylation sites is 1. The van der Waals surface area contributed by atoms with Crippen LogP contribution in [-0.4, -0.2) is 77.8 Å². The Morgan fingerprint density at radius 3 is 2.59 bits per heavy atom. The van der Waals surface area contributed by atoms with Gasteiger partial charge in [0.2, 0.25) is 11.9 Å². The maximum Gasteiger partial charge on any atom is 0.231 e. The van der Waals surface area contributed by atoms with E-state index < -0.39 is 0 Å². The zero-order valence-electron chi connectivity index (χ0n) is 18.6. The van der Waals surface area contributed by atoms with Gasteiger partial charge in [-0.3, -0.25) is 0 Å². The molecule has 0 amide bonds. The lowest BCUT2D eigenvalue weighted by Gasteiger charge is -2.37. The van der Waals surface area contributed by atoms with Gasteiger partial charge in [-0.05, 0) is 31.9 Å². The second-order valence-electron chi connectivity index (χ2n) is 8.84. The zero-order valence-corrected chi connectivity index (χ0v) is 18.6. The summed E-state index contributed by atoms with van der Waals surface area (Å²) < 4.78 is 13.6. The molecule has 2 aromatic heterocycles. The number of hydrogen-bond acceptors (Lipinski definition) is 8. The van der Waals surface area contributed by atoms with Gasteiger partial charge in [-0.15, -0.1) is 0 Å². The minimum atomic E-state index is 0.221. The summed E-state index contributed by atoms with van der Waals surface area (Å²) in [6, 6.07) is 9.05. The van der Waals surface area contributed by atoms with Gasteiger partial charge in [0.25, 0.3) is 0 Å². The lowest BCUT2D eigenvalue weighted by molar-refractivity contribution is 0.0862. The molecule has 3 aliphatic heterocycles. The van der Waals surface area contributed by atoms with Crippen molar-refractivity contribution >= 4 is 28.7 Å². The summed E-state index contributed by atoms with van der Waals surface area (Å²) in [6.07, 6.45) is 2.88. The molecule has 2 fully saturated rings. The van der Waals surface area contributed by atoms with Crippen LogP contribution in [0.2, 0.25) is 0 Å². The van der Waals surface area contributed by atoms with Crippen molar-refractivity contribution in [3.63, 3.8) is 0 Å². The van der Waals surface area contributed by atoms with Crippen LogP contribution in [0.4, 0.5) is 17.6 Å². The zero-order chi connectivity index (χ0) is 21.7. The summed E-state index contributed by atoms with van der Waals surface area (Å²) in [5.74, 6) is 1.64. The van der Waals surface area contributed by atoms with E-state index >= 15 is 0 Å². The van der Waals surface area contributed by atoms with E-state index in [1.807, 2.05) is 6.20 Å². The van der Waals surface area contributed by atoms with Crippen LogP contribution in [0.5, 0.6) is 0 Å². The predicted molar refractivity (Wildman–Crippen MR) is 123 cm³/mol. The summed E-state index contributed by atoms with van der Waals surface area (Å²) in [5, 5.41) is 2.34. The number of anilines is 3. The smallest absolute Gasteiger partial charge is 0.231 e. The summed E-state index contributed by atoms with van der Waals surface area (Å²) in [6.45, 7) is 9.61. The van der Waals surface area contributed by atoms with Gasteiger partial charge in [0, 0.05) is 18.8 Å². The van der Waals surface area contributed by atoms with E-state index in [0.29, 0.717) is 26.4 Å². The van der Waals surface area contributed by atoms with E-state index in [0.717, 1.165) is 49.1 Å². The van der Waals surface area contributed by atoms with Gasteiger partial charge in [-0.25, -0.2) is 14.6 Å². The molecule has 168 valence electrons. The average Bonchev–Trinajstić information content (AvgIpc) is 3.40.